The Labute approximate surface area is 138 Å². The number of nitrogens with zero attached hydrogens (tertiary/aromatic N) is 3. The average molecular weight is 325 g/mol. The van der Waals surface area contributed by atoms with Crippen molar-refractivity contribution in [2.75, 3.05) is 5.32 Å². The van der Waals surface area contributed by atoms with Crippen LogP contribution < -0.4 is 5.32 Å². The lowest BCUT2D eigenvalue weighted by Gasteiger charge is -2.09. The Morgan fingerprint density at radius 3 is 2.57 bits per heavy atom. The molecule has 2 heterocycles. The Hall–Kier alpha value is -2.79. The fourth-order valence-corrected chi connectivity index (χ4v) is 2.24. The van der Waals surface area contributed by atoms with Gasteiger partial charge in [-0.25, -0.2) is 9.97 Å². The fraction of sp³-hybridized carbons (Fsp3) is 0.0588. The van der Waals surface area contributed by atoms with E-state index in [2.05, 4.69) is 20.3 Å². The number of pyridine rings is 1. The topological polar surface area (TPSA) is 67.8 Å². The van der Waals surface area contributed by atoms with Gasteiger partial charge < -0.3 is 5.32 Å². The normalized spacial score (nSPS) is 10.3. The van der Waals surface area contributed by atoms with Gasteiger partial charge in [-0.05, 0) is 36.8 Å². The van der Waals surface area contributed by atoms with E-state index in [-0.39, 0.29) is 5.91 Å². The van der Waals surface area contributed by atoms with Gasteiger partial charge in [0.1, 0.15) is 6.33 Å². The molecule has 0 spiro atoms. The first-order valence-corrected chi connectivity index (χ1v) is 7.31. The van der Waals surface area contributed by atoms with E-state index >= 15 is 0 Å². The van der Waals surface area contributed by atoms with Crippen LogP contribution in [0.5, 0.6) is 0 Å². The predicted octanol–water partition coefficient (Wildman–Crippen LogP) is 3.75. The first-order chi connectivity index (χ1) is 11.1. The van der Waals surface area contributed by atoms with Crippen LogP contribution in [-0.4, -0.2) is 20.9 Å². The average Bonchev–Trinajstić information content (AvgIpc) is 2.60. The molecular weight excluding hydrogens is 312 g/mol. The summed E-state index contributed by atoms with van der Waals surface area (Å²) < 4.78 is 0. The molecule has 0 radical (unpaired) electrons. The number of carbonyl (C=O) groups is 1. The van der Waals surface area contributed by atoms with E-state index < -0.39 is 0 Å². The second kappa shape index (κ2) is 6.54. The quantitative estimate of drug-likeness (QED) is 0.796. The number of carbonyl (C=O) groups excluding carboxylic acids is 1. The smallest absolute Gasteiger partial charge is 0.257 e. The zero-order valence-corrected chi connectivity index (χ0v) is 13.1. The third kappa shape index (κ3) is 3.35. The highest BCUT2D eigenvalue weighted by atomic mass is 35.5. The van der Waals surface area contributed by atoms with Gasteiger partial charge in [0.2, 0.25) is 0 Å². The summed E-state index contributed by atoms with van der Waals surface area (Å²) >= 11 is 6.06. The second-order valence-electron chi connectivity index (χ2n) is 4.93. The van der Waals surface area contributed by atoms with Gasteiger partial charge >= 0.3 is 0 Å². The van der Waals surface area contributed by atoms with Crippen molar-refractivity contribution >= 4 is 23.2 Å². The van der Waals surface area contributed by atoms with Gasteiger partial charge in [-0.1, -0.05) is 17.7 Å². The summed E-state index contributed by atoms with van der Waals surface area (Å²) in [7, 11) is 0. The number of nitrogens with one attached hydrogen (secondary N) is 1. The highest BCUT2D eigenvalue weighted by molar-refractivity contribution is 6.31. The molecule has 0 atom stereocenters. The number of aromatic nitrogens is 3. The number of halogens is 1. The first kappa shape index (κ1) is 15.1. The maximum absolute atomic E-state index is 12.3. The van der Waals surface area contributed by atoms with Crippen LogP contribution >= 0.6 is 11.6 Å². The minimum atomic E-state index is -0.237. The summed E-state index contributed by atoms with van der Waals surface area (Å²) in [6.45, 7) is 1.86. The summed E-state index contributed by atoms with van der Waals surface area (Å²) in [5, 5.41) is 3.45. The Kier molecular flexibility index (Phi) is 4.30. The molecule has 0 bridgehead atoms. The van der Waals surface area contributed by atoms with Gasteiger partial charge in [0.25, 0.3) is 5.91 Å². The zero-order chi connectivity index (χ0) is 16.2. The van der Waals surface area contributed by atoms with Gasteiger partial charge in [-0.3, -0.25) is 9.78 Å². The van der Waals surface area contributed by atoms with Gasteiger partial charge in [0.15, 0.2) is 0 Å². The molecule has 6 heteroatoms. The molecule has 23 heavy (non-hydrogen) atoms. The van der Waals surface area contributed by atoms with Crippen molar-refractivity contribution in [3.63, 3.8) is 0 Å². The van der Waals surface area contributed by atoms with Crippen LogP contribution in [0.2, 0.25) is 5.02 Å². The molecule has 0 aliphatic rings. The Morgan fingerprint density at radius 1 is 1.09 bits per heavy atom. The Morgan fingerprint density at radius 2 is 1.87 bits per heavy atom. The van der Waals surface area contributed by atoms with Crippen LogP contribution in [0.15, 0.2) is 55.2 Å². The van der Waals surface area contributed by atoms with Crippen molar-refractivity contribution in [2.45, 2.75) is 6.92 Å². The summed E-state index contributed by atoms with van der Waals surface area (Å²) in [6.07, 6.45) is 6.32. The fourth-order valence-electron chi connectivity index (χ4n) is 2.07. The number of benzene rings is 1. The molecule has 0 fully saturated rings. The first-order valence-electron chi connectivity index (χ1n) is 6.93. The molecule has 0 saturated heterocycles. The Balaban J connectivity index is 1.79. The molecule has 1 aromatic carbocycles. The maximum atomic E-state index is 12.3. The third-order valence-corrected chi connectivity index (χ3v) is 3.81. The van der Waals surface area contributed by atoms with Crippen LogP contribution in [-0.2, 0) is 0 Å². The van der Waals surface area contributed by atoms with Crippen LogP contribution in [0.25, 0.3) is 11.3 Å². The largest absolute Gasteiger partial charge is 0.322 e. The highest BCUT2D eigenvalue weighted by Gasteiger charge is 2.10. The van der Waals surface area contributed by atoms with Crippen molar-refractivity contribution in [3.05, 3.63) is 71.4 Å². The molecule has 0 aliphatic heterocycles. The summed E-state index contributed by atoms with van der Waals surface area (Å²) in [5.41, 5.74) is 3.48. The Bertz CT molecular complexity index is 835. The van der Waals surface area contributed by atoms with Crippen molar-refractivity contribution < 1.29 is 4.79 Å². The predicted molar refractivity (Wildman–Crippen MR) is 89.4 cm³/mol. The lowest BCUT2D eigenvalue weighted by Crippen LogP contribution is -2.13. The van der Waals surface area contributed by atoms with E-state index in [1.54, 1.807) is 36.7 Å². The molecule has 5 nitrogen and oxygen atoms in total. The number of amides is 1. The number of anilines is 1. The minimum Gasteiger partial charge on any atom is -0.322 e. The highest BCUT2D eigenvalue weighted by Crippen LogP contribution is 2.23. The molecule has 3 rings (SSSR count). The molecule has 0 saturated carbocycles. The summed E-state index contributed by atoms with van der Waals surface area (Å²) in [4.78, 5) is 24.5. The van der Waals surface area contributed by atoms with E-state index in [1.807, 2.05) is 13.0 Å². The van der Waals surface area contributed by atoms with E-state index in [0.717, 1.165) is 11.1 Å². The molecule has 2 aromatic heterocycles. The van der Waals surface area contributed by atoms with Crippen molar-refractivity contribution in [1.82, 2.24) is 15.0 Å². The molecule has 3 aromatic rings. The maximum Gasteiger partial charge on any atom is 0.257 e. The molecular formula is C17H13ClN4O. The lowest BCUT2D eigenvalue weighted by molar-refractivity contribution is 0.102. The van der Waals surface area contributed by atoms with Gasteiger partial charge in [0, 0.05) is 34.9 Å². The van der Waals surface area contributed by atoms with E-state index in [4.69, 9.17) is 11.6 Å². The van der Waals surface area contributed by atoms with E-state index in [0.29, 0.717) is 22.0 Å². The molecule has 114 valence electrons. The minimum absolute atomic E-state index is 0.237. The van der Waals surface area contributed by atoms with Crippen molar-refractivity contribution in [3.8, 4) is 11.3 Å². The molecule has 0 unspecified atom stereocenters. The SMILES string of the molecule is Cc1c(Cl)cccc1NC(=O)c1ccc(-c2cncnc2)nc1. The number of hydrogen-bond acceptors (Lipinski definition) is 4. The van der Waals surface area contributed by atoms with E-state index in [1.165, 1.54) is 12.5 Å². The van der Waals surface area contributed by atoms with Crippen LogP contribution in [0.3, 0.4) is 0 Å². The number of rotatable bonds is 3. The number of hydrogen-bond donors (Lipinski definition) is 1. The van der Waals surface area contributed by atoms with E-state index in [9.17, 15) is 4.79 Å². The van der Waals surface area contributed by atoms with Crippen LogP contribution in [0.1, 0.15) is 15.9 Å². The van der Waals surface area contributed by atoms with Gasteiger partial charge in [-0.2, -0.15) is 0 Å². The van der Waals surface area contributed by atoms with Gasteiger partial charge in [0.05, 0.1) is 11.3 Å². The monoisotopic (exact) mass is 324 g/mol. The van der Waals surface area contributed by atoms with Crippen LogP contribution in [0.4, 0.5) is 5.69 Å². The molecule has 1 amide bonds. The third-order valence-electron chi connectivity index (χ3n) is 3.40. The summed E-state index contributed by atoms with van der Waals surface area (Å²) in [5.74, 6) is -0.237. The standard InChI is InChI=1S/C17H13ClN4O/c1-11-14(18)3-2-4-15(11)22-17(23)12-5-6-16(21-9-12)13-7-19-10-20-8-13/h2-10H,1H3,(H,22,23). The molecule has 1 N–H and O–H groups in total. The van der Waals surface area contributed by atoms with Gasteiger partial charge in [-0.15, -0.1) is 0 Å². The lowest BCUT2D eigenvalue weighted by atomic mass is 10.1. The van der Waals surface area contributed by atoms with Crippen LogP contribution in [0, 0.1) is 6.92 Å². The van der Waals surface area contributed by atoms with Crippen molar-refractivity contribution in [2.24, 2.45) is 0 Å². The molecule has 0 aliphatic carbocycles. The summed E-state index contributed by atoms with van der Waals surface area (Å²) in [6, 6.07) is 8.86. The van der Waals surface area contributed by atoms with Crippen molar-refractivity contribution in [1.29, 1.82) is 0 Å². The zero-order valence-electron chi connectivity index (χ0n) is 12.3. The second-order valence-corrected chi connectivity index (χ2v) is 5.33.